The highest BCUT2D eigenvalue weighted by Crippen LogP contribution is 2.32. The minimum atomic E-state index is -0.0475. The lowest BCUT2D eigenvalue weighted by atomic mass is 9.99. The molecule has 4 rings (SSSR count). The number of fused-ring (bicyclic) bond motifs is 2. The van der Waals surface area contributed by atoms with Crippen molar-refractivity contribution in [2.45, 2.75) is 6.42 Å². The van der Waals surface area contributed by atoms with Crippen molar-refractivity contribution < 1.29 is 13.9 Å². The Labute approximate surface area is 115 Å². The molecule has 0 saturated carbocycles. The van der Waals surface area contributed by atoms with Crippen LogP contribution in [0.5, 0.6) is 5.75 Å². The van der Waals surface area contributed by atoms with Crippen molar-refractivity contribution in [1.82, 2.24) is 0 Å². The largest absolute Gasteiger partial charge is 0.492 e. The van der Waals surface area contributed by atoms with E-state index in [9.17, 15) is 4.79 Å². The first-order chi connectivity index (χ1) is 9.84. The highest BCUT2D eigenvalue weighted by atomic mass is 16.5. The molecule has 0 N–H and O–H groups in total. The van der Waals surface area contributed by atoms with Crippen molar-refractivity contribution in [2.24, 2.45) is 0 Å². The van der Waals surface area contributed by atoms with E-state index in [-0.39, 0.29) is 5.78 Å². The van der Waals surface area contributed by atoms with Crippen LogP contribution < -0.4 is 4.74 Å². The summed E-state index contributed by atoms with van der Waals surface area (Å²) in [5, 5.41) is 0.841. The average molecular weight is 264 g/mol. The summed E-state index contributed by atoms with van der Waals surface area (Å²) in [7, 11) is 0. The fourth-order valence-electron chi connectivity index (χ4n) is 2.69. The number of para-hydroxylation sites is 2. The van der Waals surface area contributed by atoms with Crippen molar-refractivity contribution in [3.05, 3.63) is 65.4 Å². The van der Waals surface area contributed by atoms with E-state index in [0.29, 0.717) is 17.7 Å². The zero-order chi connectivity index (χ0) is 13.5. The van der Waals surface area contributed by atoms with Crippen LogP contribution in [0.3, 0.4) is 0 Å². The summed E-state index contributed by atoms with van der Waals surface area (Å²) in [6.45, 7) is 0.645. The van der Waals surface area contributed by atoms with E-state index < -0.39 is 0 Å². The Kier molecular flexibility index (Phi) is 2.39. The average Bonchev–Trinajstić information content (AvgIpc) is 3.12. The van der Waals surface area contributed by atoms with Gasteiger partial charge in [-0.2, -0.15) is 0 Å². The molecule has 0 aliphatic carbocycles. The molecule has 0 amide bonds. The zero-order valence-corrected chi connectivity index (χ0v) is 10.8. The number of ketones is 1. The van der Waals surface area contributed by atoms with Gasteiger partial charge in [-0.15, -0.1) is 0 Å². The van der Waals surface area contributed by atoms with Crippen molar-refractivity contribution in [3.8, 4) is 5.75 Å². The molecule has 98 valence electrons. The molecule has 2 heterocycles. The third kappa shape index (κ3) is 1.56. The predicted octanol–water partition coefficient (Wildman–Crippen LogP) is 3.60. The van der Waals surface area contributed by atoms with E-state index in [1.165, 1.54) is 6.26 Å². The Hall–Kier alpha value is -2.55. The van der Waals surface area contributed by atoms with Gasteiger partial charge in [0.1, 0.15) is 17.6 Å². The van der Waals surface area contributed by atoms with E-state index in [2.05, 4.69) is 0 Å². The molecule has 0 unspecified atom stereocenters. The van der Waals surface area contributed by atoms with Crippen LogP contribution in [-0.2, 0) is 6.42 Å². The number of carbonyl (C=O) groups excluding carboxylic acids is 1. The van der Waals surface area contributed by atoms with Crippen molar-refractivity contribution in [2.75, 3.05) is 6.61 Å². The molecule has 1 aromatic heterocycles. The summed E-state index contributed by atoms with van der Waals surface area (Å²) >= 11 is 0. The molecule has 0 saturated heterocycles. The lowest BCUT2D eigenvalue weighted by Gasteiger charge is -2.05. The monoisotopic (exact) mass is 264 g/mol. The van der Waals surface area contributed by atoms with Crippen LogP contribution in [0.25, 0.3) is 11.0 Å². The predicted molar refractivity (Wildman–Crippen MR) is 75.3 cm³/mol. The maximum absolute atomic E-state index is 12.7. The van der Waals surface area contributed by atoms with Gasteiger partial charge >= 0.3 is 0 Å². The number of furan rings is 1. The molecule has 1 aliphatic rings. The summed E-state index contributed by atoms with van der Waals surface area (Å²) in [5.41, 5.74) is 3.03. The molecule has 3 aromatic rings. The van der Waals surface area contributed by atoms with Crippen LogP contribution in [-0.4, -0.2) is 12.4 Å². The zero-order valence-electron chi connectivity index (χ0n) is 10.8. The molecule has 2 aromatic carbocycles. The maximum atomic E-state index is 12.7. The topological polar surface area (TPSA) is 39.4 Å². The lowest BCUT2D eigenvalue weighted by molar-refractivity contribution is 0.103. The van der Waals surface area contributed by atoms with Gasteiger partial charge in [-0.1, -0.05) is 30.3 Å². The summed E-state index contributed by atoms with van der Waals surface area (Å²) < 4.78 is 11.1. The van der Waals surface area contributed by atoms with Gasteiger partial charge in [0.05, 0.1) is 17.7 Å². The van der Waals surface area contributed by atoms with Gasteiger partial charge in [0.2, 0.25) is 5.78 Å². The SMILES string of the molecule is O=C(c1cccc2c1OCC2)c1coc2ccccc12. The first kappa shape index (κ1) is 11.3. The second kappa shape index (κ2) is 4.23. The molecular formula is C17H12O3. The van der Waals surface area contributed by atoms with E-state index >= 15 is 0 Å². The number of ether oxygens (including phenoxy) is 1. The third-order valence-electron chi connectivity index (χ3n) is 3.68. The van der Waals surface area contributed by atoms with Gasteiger partial charge in [0.25, 0.3) is 0 Å². The quantitative estimate of drug-likeness (QED) is 0.664. The molecule has 3 nitrogen and oxygen atoms in total. The molecule has 0 radical (unpaired) electrons. The van der Waals surface area contributed by atoms with Gasteiger partial charge in [0, 0.05) is 11.8 Å². The first-order valence-corrected chi connectivity index (χ1v) is 6.60. The minimum absolute atomic E-state index is 0.0475. The Balaban J connectivity index is 1.87. The van der Waals surface area contributed by atoms with E-state index in [1.54, 1.807) is 0 Å². The maximum Gasteiger partial charge on any atom is 0.200 e. The summed E-state index contributed by atoms with van der Waals surface area (Å²) in [5.74, 6) is 0.677. The number of hydrogen-bond donors (Lipinski definition) is 0. The Bertz CT molecular complexity index is 814. The fraction of sp³-hybridized carbons (Fsp3) is 0.118. The highest BCUT2D eigenvalue weighted by Gasteiger charge is 2.23. The van der Waals surface area contributed by atoms with Gasteiger partial charge in [-0.05, 0) is 17.7 Å². The van der Waals surface area contributed by atoms with Crippen LogP contribution in [0, 0.1) is 0 Å². The lowest BCUT2D eigenvalue weighted by Crippen LogP contribution is -2.03. The molecule has 0 atom stereocenters. The second-order valence-corrected chi connectivity index (χ2v) is 4.87. The van der Waals surface area contributed by atoms with Crippen molar-refractivity contribution >= 4 is 16.8 Å². The number of carbonyl (C=O) groups is 1. The van der Waals surface area contributed by atoms with Crippen LogP contribution in [0.2, 0.25) is 0 Å². The van der Waals surface area contributed by atoms with Crippen molar-refractivity contribution in [3.63, 3.8) is 0 Å². The van der Waals surface area contributed by atoms with Gasteiger partial charge in [-0.3, -0.25) is 4.79 Å². The van der Waals surface area contributed by atoms with E-state index in [0.717, 1.165) is 28.7 Å². The molecule has 0 fully saturated rings. The van der Waals surface area contributed by atoms with Gasteiger partial charge in [-0.25, -0.2) is 0 Å². The molecule has 0 bridgehead atoms. The summed E-state index contributed by atoms with van der Waals surface area (Å²) in [6.07, 6.45) is 2.39. The highest BCUT2D eigenvalue weighted by molar-refractivity contribution is 6.17. The summed E-state index contributed by atoms with van der Waals surface area (Å²) in [4.78, 5) is 12.7. The van der Waals surface area contributed by atoms with Crippen LogP contribution in [0.1, 0.15) is 21.5 Å². The van der Waals surface area contributed by atoms with Crippen LogP contribution in [0.15, 0.2) is 53.1 Å². The molecule has 1 aliphatic heterocycles. The fourth-order valence-corrected chi connectivity index (χ4v) is 2.69. The van der Waals surface area contributed by atoms with E-state index in [4.69, 9.17) is 9.15 Å². The first-order valence-electron chi connectivity index (χ1n) is 6.60. The second-order valence-electron chi connectivity index (χ2n) is 4.87. The third-order valence-corrected chi connectivity index (χ3v) is 3.68. The Morgan fingerprint density at radius 3 is 2.85 bits per heavy atom. The number of benzene rings is 2. The van der Waals surface area contributed by atoms with Crippen molar-refractivity contribution in [1.29, 1.82) is 0 Å². The number of hydrogen-bond acceptors (Lipinski definition) is 3. The van der Waals surface area contributed by atoms with Crippen LogP contribution >= 0.6 is 0 Å². The normalized spacial score (nSPS) is 13.2. The Morgan fingerprint density at radius 2 is 1.90 bits per heavy atom. The van der Waals surface area contributed by atoms with Gasteiger partial charge in [0.15, 0.2) is 0 Å². The van der Waals surface area contributed by atoms with Crippen LogP contribution in [0.4, 0.5) is 0 Å². The molecule has 0 spiro atoms. The molecular weight excluding hydrogens is 252 g/mol. The number of rotatable bonds is 2. The smallest absolute Gasteiger partial charge is 0.200 e. The standard InChI is InChI=1S/C17H12O3/c18-16(13-6-3-4-11-8-9-19-17(11)13)14-10-20-15-7-2-1-5-12(14)15/h1-7,10H,8-9H2. The summed E-state index contributed by atoms with van der Waals surface area (Å²) in [6, 6.07) is 13.3. The minimum Gasteiger partial charge on any atom is -0.492 e. The van der Waals surface area contributed by atoms with E-state index in [1.807, 2.05) is 42.5 Å². The van der Waals surface area contributed by atoms with Gasteiger partial charge < -0.3 is 9.15 Å². The molecule has 3 heteroatoms. The molecule has 20 heavy (non-hydrogen) atoms. The Morgan fingerprint density at radius 1 is 1.00 bits per heavy atom.